The molecule has 0 saturated heterocycles. The second-order valence-corrected chi connectivity index (χ2v) is 4.38. The van der Waals surface area contributed by atoms with Crippen LogP contribution in [-0.4, -0.2) is 22.1 Å². The van der Waals surface area contributed by atoms with E-state index in [0.29, 0.717) is 29.0 Å². The van der Waals surface area contributed by atoms with Crippen LogP contribution in [0.4, 0.5) is 11.5 Å². The molecule has 4 N–H and O–H groups in total. The van der Waals surface area contributed by atoms with Crippen LogP contribution in [0.5, 0.6) is 0 Å². The lowest BCUT2D eigenvalue weighted by atomic mass is 10.0. The highest BCUT2D eigenvalue weighted by Gasteiger charge is 2.13. The highest BCUT2D eigenvalue weighted by molar-refractivity contribution is 6.14. The molecule has 0 atom stereocenters. The number of aryl methyl sites for hydroxylation is 1. The highest BCUT2D eigenvalue weighted by Crippen LogP contribution is 2.24. The second-order valence-electron chi connectivity index (χ2n) is 4.38. The molecule has 1 amide bonds. The van der Waals surface area contributed by atoms with Crippen molar-refractivity contribution in [3.05, 3.63) is 46.9 Å². The predicted molar refractivity (Wildman–Crippen MR) is 78.0 cm³/mol. The Morgan fingerprint density at radius 2 is 2.15 bits per heavy atom. The van der Waals surface area contributed by atoms with Crippen molar-refractivity contribution < 1.29 is 4.79 Å². The van der Waals surface area contributed by atoms with Gasteiger partial charge in [-0.25, -0.2) is 4.98 Å². The molecule has 0 spiro atoms. The van der Waals surface area contributed by atoms with E-state index in [1.807, 2.05) is 13.0 Å². The van der Waals surface area contributed by atoms with Crippen LogP contribution in [0.1, 0.15) is 22.4 Å². The second kappa shape index (κ2) is 5.48. The van der Waals surface area contributed by atoms with Crippen molar-refractivity contribution in [3.8, 4) is 0 Å². The van der Waals surface area contributed by atoms with Gasteiger partial charge in [-0.3, -0.25) is 15.2 Å². The summed E-state index contributed by atoms with van der Waals surface area (Å²) in [6, 6.07) is 3.57. The van der Waals surface area contributed by atoms with Crippen molar-refractivity contribution in [1.29, 1.82) is 5.41 Å². The molecule has 6 nitrogen and oxygen atoms in total. The van der Waals surface area contributed by atoms with Gasteiger partial charge in [0, 0.05) is 40.5 Å². The van der Waals surface area contributed by atoms with Crippen molar-refractivity contribution in [3.63, 3.8) is 0 Å². The Morgan fingerprint density at radius 3 is 2.80 bits per heavy atom. The topological polar surface area (TPSA) is 105 Å². The average Bonchev–Trinajstić information content (AvgIpc) is 2.44. The third-order valence-corrected chi connectivity index (χ3v) is 3.02. The normalized spacial score (nSPS) is 10.1. The summed E-state index contributed by atoms with van der Waals surface area (Å²) in [4.78, 5) is 18.7. The van der Waals surface area contributed by atoms with Crippen molar-refractivity contribution in [2.24, 2.45) is 0 Å². The third kappa shape index (κ3) is 2.49. The molecule has 0 fully saturated rings. The molecule has 0 aliphatic carbocycles. The smallest absolute Gasteiger partial charge is 0.212 e. The van der Waals surface area contributed by atoms with Gasteiger partial charge in [0.15, 0.2) is 0 Å². The standard InChI is InChI=1S/C14H15N5O/c1-8-5-10(3-4-17-8)13(16)11-6-18-14(19-7-20)9(2)12(11)15/h3-7,16H,1-2H3,(H3,15,18,19,20). The Balaban J connectivity index is 2.45. The van der Waals surface area contributed by atoms with Gasteiger partial charge in [0.25, 0.3) is 0 Å². The lowest BCUT2D eigenvalue weighted by molar-refractivity contribution is -0.105. The van der Waals surface area contributed by atoms with E-state index in [1.54, 1.807) is 19.2 Å². The molecule has 0 bridgehead atoms. The zero-order chi connectivity index (χ0) is 14.7. The fourth-order valence-corrected chi connectivity index (χ4v) is 1.88. The number of hydrogen-bond donors (Lipinski definition) is 3. The first-order valence-corrected chi connectivity index (χ1v) is 6.01. The molecular formula is C14H15N5O. The van der Waals surface area contributed by atoms with E-state index in [-0.39, 0.29) is 5.71 Å². The Bertz CT molecular complexity index is 681. The quantitative estimate of drug-likeness (QED) is 0.579. The van der Waals surface area contributed by atoms with Gasteiger partial charge in [-0.1, -0.05) is 0 Å². The molecule has 2 rings (SSSR count). The number of nitrogens with one attached hydrogen (secondary N) is 2. The molecule has 0 unspecified atom stereocenters. The van der Waals surface area contributed by atoms with Gasteiger partial charge in [0.1, 0.15) is 5.82 Å². The Labute approximate surface area is 116 Å². The van der Waals surface area contributed by atoms with Gasteiger partial charge < -0.3 is 11.1 Å². The number of carbonyl (C=O) groups excluding carboxylic acids is 1. The first-order valence-electron chi connectivity index (χ1n) is 6.01. The lowest BCUT2D eigenvalue weighted by Crippen LogP contribution is -2.10. The number of pyridine rings is 2. The molecule has 0 aliphatic heterocycles. The van der Waals surface area contributed by atoms with Crippen LogP contribution in [0.2, 0.25) is 0 Å². The summed E-state index contributed by atoms with van der Waals surface area (Å²) in [6.07, 6.45) is 3.69. The van der Waals surface area contributed by atoms with Crippen molar-refractivity contribution in [1.82, 2.24) is 9.97 Å². The number of anilines is 2. The molecule has 2 aromatic rings. The first-order chi connectivity index (χ1) is 9.54. The van der Waals surface area contributed by atoms with Gasteiger partial charge in [-0.15, -0.1) is 0 Å². The van der Waals surface area contributed by atoms with Gasteiger partial charge in [0.2, 0.25) is 6.41 Å². The average molecular weight is 269 g/mol. The van der Waals surface area contributed by atoms with Crippen LogP contribution in [-0.2, 0) is 4.79 Å². The summed E-state index contributed by atoms with van der Waals surface area (Å²) in [5, 5.41) is 10.7. The van der Waals surface area contributed by atoms with Crippen molar-refractivity contribution in [2.75, 3.05) is 11.1 Å². The minimum absolute atomic E-state index is 0.279. The van der Waals surface area contributed by atoms with E-state index >= 15 is 0 Å². The minimum Gasteiger partial charge on any atom is -0.398 e. The number of carbonyl (C=O) groups is 1. The van der Waals surface area contributed by atoms with Crippen LogP contribution in [0.3, 0.4) is 0 Å². The first kappa shape index (κ1) is 13.7. The molecule has 0 saturated carbocycles. The number of nitrogen functional groups attached to an aromatic ring is 1. The van der Waals surface area contributed by atoms with E-state index in [0.717, 1.165) is 11.3 Å². The van der Waals surface area contributed by atoms with Gasteiger partial charge >= 0.3 is 0 Å². The molecule has 102 valence electrons. The Morgan fingerprint density at radius 1 is 1.40 bits per heavy atom. The minimum atomic E-state index is 0.279. The zero-order valence-corrected chi connectivity index (χ0v) is 11.3. The number of aromatic nitrogens is 2. The SMILES string of the molecule is Cc1cc(C(=N)c2cnc(NC=O)c(C)c2N)ccn1. The molecule has 0 aliphatic rings. The molecule has 2 aromatic heterocycles. The molecular weight excluding hydrogens is 254 g/mol. The summed E-state index contributed by atoms with van der Waals surface area (Å²) in [6.45, 7) is 3.61. The summed E-state index contributed by atoms with van der Waals surface area (Å²) in [7, 11) is 0. The predicted octanol–water partition coefficient (Wildman–Crippen LogP) is 1.66. The van der Waals surface area contributed by atoms with Crippen LogP contribution in [0, 0.1) is 19.3 Å². The van der Waals surface area contributed by atoms with E-state index < -0.39 is 0 Å². The maximum Gasteiger partial charge on any atom is 0.212 e. The number of nitrogens with zero attached hydrogens (tertiary/aromatic N) is 2. The zero-order valence-electron chi connectivity index (χ0n) is 11.3. The molecule has 2 heterocycles. The summed E-state index contributed by atoms with van der Waals surface area (Å²) >= 11 is 0. The van der Waals surface area contributed by atoms with Crippen LogP contribution < -0.4 is 11.1 Å². The summed E-state index contributed by atoms with van der Waals surface area (Å²) in [5.74, 6) is 0.403. The molecule has 20 heavy (non-hydrogen) atoms. The number of nitrogens with two attached hydrogens (primary N) is 1. The number of amides is 1. The van der Waals surface area contributed by atoms with Gasteiger partial charge in [0.05, 0.1) is 5.71 Å². The maximum absolute atomic E-state index is 10.5. The largest absolute Gasteiger partial charge is 0.398 e. The maximum atomic E-state index is 10.5. The Hall–Kier alpha value is -2.76. The van der Waals surface area contributed by atoms with Crippen LogP contribution in [0.25, 0.3) is 0 Å². The van der Waals surface area contributed by atoms with Crippen LogP contribution >= 0.6 is 0 Å². The molecule has 0 radical (unpaired) electrons. The highest BCUT2D eigenvalue weighted by atomic mass is 16.1. The van der Waals surface area contributed by atoms with Gasteiger partial charge in [-0.05, 0) is 26.0 Å². The van der Waals surface area contributed by atoms with Crippen molar-refractivity contribution in [2.45, 2.75) is 13.8 Å². The van der Waals surface area contributed by atoms with E-state index in [9.17, 15) is 4.79 Å². The number of hydrogen-bond acceptors (Lipinski definition) is 5. The lowest BCUT2D eigenvalue weighted by Gasteiger charge is -2.12. The number of rotatable bonds is 4. The van der Waals surface area contributed by atoms with E-state index in [1.165, 1.54) is 6.20 Å². The fourth-order valence-electron chi connectivity index (χ4n) is 1.88. The van der Waals surface area contributed by atoms with Crippen molar-refractivity contribution >= 4 is 23.6 Å². The molecule has 0 aromatic carbocycles. The third-order valence-electron chi connectivity index (χ3n) is 3.02. The van der Waals surface area contributed by atoms with Gasteiger partial charge in [-0.2, -0.15) is 0 Å². The van der Waals surface area contributed by atoms with E-state index in [2.05, 4.69) is 15.3 Å². The summed E-state index contributed by atoms with van der Waals surface area (Å²) < 4.78 is 0. The molecule has 6 heteroatoms. The van der Waals surface area contributed by atoms with E-state index in [4.69, 9.17) is 11.1 Å². The monoisotopic (exact) mass is 269 g/mol. The summed E-state index contributed by atoms with van der Waals surface area (Å²) in [5.41, 5.74) is 9.48. The Kier molecular flexibility index (Phi) is 3.74. The van der Waals surface area contributed by atoms with Crippen LogP contribution in [0.15, 0.2) is 24.5 Å². The fraction of sp³-hybridized carbons (Fsp3) is 0.143.